The van der Waals surface area contributed by atoms with Gasteiger partial charge in [-0.25, -0.2) is 0 Å². The first kappa shape index (κ1) is 12.9. The first-order valence-corrected chi connectivity index (χ1v) is 7.71. The highest BCUT2D eigenvalue weighted by atomic mass is 19.2. The van der Waals surface area contributed by atoms with Gasteiger partial charge < -0.3 is 5.32 Å². The number of rotatable bonds is 1. The van der Waals surface area contributed by atoms with Gasteiger partial charge in [0, 0.05) is 12.2 Å². The predicted octanol–water partition coefficient (Wildman–Crippen LogP) is 3.31. The number of nitrogens with zero attached hydrogens (tertiary/aromatic N) is 1. The van der Waals surface area contributed by atoms with Crippen molar-refractivity contribution in [2.75, 3.05) is 11.7 Å². The van der Waals surface area contributed by atoms with Crippen LogP contribution in [0.25, 0.3) is 5.70 Å². The van der Waals surface area contributed by atoms with Crippen LogP contribution in [0.5, 0.6) is 0 Å². The summed E-state index contributed by atoms with van der Waals surface area (Å²) >= 11 is 0. The number of carbonyl (C=O) groups excluding carboxylic acids is 1. The molecule has 1 saturated carbocycles. The Hall–Kier alpha value is -1.84. The predicted molar refractivity (Wildman–Crippen MR) is 80.3 cm³/mol. The maximum atomic E-state index is 14.1. The third-order valence-electron chi connectivity index (χ3n) is 5.19. The lowest BCUT2D eigenvalue weighted by molar-refractivity contribution is -0.128. The molecule has 1 aromatic rings. The number of benzene rings is 1. The lowest BCUT2D eigenvalue weighted by atomic mass is 9.65. The Morgan fingerprint density at radius 1 is 1.38 bits per heavy atom. The molecule has 2 heterocycles. The summed E-state index contributed by atoms with van der Waals surface area (Å²) < 4.78 is 14.1. The Morgan fingerprint density at radius 3 is 2.81 bits per heavy atom. The van der Waals surface area contributed by atoms with Crippen LogP contribution in [0.3, 0.4) is 0 Å². The zero-order valence-electron chi connectivity index (χ0n) is 12.2. The van der Waals surface area contributed by atoms with Crippen molar-refractivity contribution >= 4 is 17.3 Å². The van der Waals surface area contributed by atoms with Gasteiger partial charge in [0.05, 0.1) is 11.1 Å². The molecule has 0 radical (unpaired) electrons. The average Bonchev–Trinajstić information content (AvgIpc) is 2.68. The summed E-state index contributed by atoms with van der Waals surface area (Å²) in [5.74, 6) is 0.268. The van der Waals surface area contributed by atoms with E-state index in [-0.39, 0.29) is 5.91 Å². The molecule has 0 saturated heterocycles. The minimum absolute atomic E-state index is 0.350. The lowest BCUT2D eigenvalue weighted by Gasteiger charge is -2.36. The highest BCUT2D eigenvalue weighted by Crippen LogP contribution is 2.54. The summed E-state index contributed by atoms with van der Waals surface area (Å²) in [5, 5.41) is 3.78. The van der Waals surface area contributed by atoms with Gasteiger partial charge in [-0.2, -0.15) is 0 Å². The van der Waals surface area contributed by atoms with E-state index >= 15 is 0 Å². The summed E-state index contributed by atoms with van der Waals surface area (Å²) in [6.07, 6.45) is 5.80. The molecule has 110 valence electrons. The van der Waals surface area contributed by atoms with Crippen LogP contribution in [0.4, 0.5) is 10.2 Å². The molecule has 1 spiro atoms. The summed E-state index contributed by atoms with van der Waals surface area (Å²) in [4.78, 5) is 12.2. The Bertz CT molecular complexity index is 648. The molecule has 1 aromatic carbocycles. The molecule has 21 heavy (non-hydrogen) atoms. The number of hydrogen-bond acceptors (Lipinski definition) is 2. The maximum Gasteiger partial charge on any atom is 0.265 e. The molecular formula is C17H19FN2O. The van der Waals surface area contributed by atoms with Crippen LogP contribution < -0.4 is 10.4 Å². The van der Waals surface area contributed by atoms with Gasteiger partial charge in [0.25, 0.3) is 5.91 Å². The lowest BCUT2D eigenvalue weighted by Crippen LogP contribution is -2.42. The molecule has 3 nitrogen and oxygen atoms in total. The summed E-state index contributed by atoms with van der Waals surface area (Å²) in [5.41, 5.74) is 2.90. The van der Waals surface area contributed by atoms with Gasteiger partial charge in [0.15, 0.2) is 0 Å². The first-order chi connectivity index (χ1) is 10.1. The number of carbonyl (C=O) groups is 1. The standard InChI is InChI=1S/C17H19FN2O/c1-11-3-5-14(19-10-11)12-4-6-15-13(9-12)17(7-2-8-17)16(21)20(15)18/h4-6,9,11,19H,2-3,7-8,10H2,1H3. The number of anilines is 1. The Kier molecular flexibility index (Phi) is 2.65. The third-order valence-corrected chi connectivity index (χ3v) is 5.19. The number of amides is 1. The van der Waals surface area contributed by atoms with Crippen LogP contribution in [0.15, 0.2) is 24.3 Å². The molecule has 4 heteroatoms. The van der Waals surface area contributed by atoms with E-state index in [1.807, 2.05) is 12.1 Å². The zero-order valence-corrected chi connectivity index (χ0v) is 12.2. The molecule has 1 aliphatic carbocycles. The average molecular weight is 286 g/mol. The van der Waals surface area contributed by atoms with E-state index in [9.17, 15) is 9.28 Å². The molecule has 1 unspecified atom stereocenters. The van der Waals surface area contributed by atoms with E-state index in [4.69, 9.17) is 0 Å². The Balaban J connectivity index is 1.77. The molecule has 0 aromatic heterocycles. The molecule has 1 atom stereocenters. The van der Waals surface area contributed by atoms with Crippen molar-refractivity contribution in [1.82, 2.24) is 5.32 Å². The Labute approximate surface area is 123 Å². The number of hydrogen-bond donors (Lipinski definition) is 1. The van der Waals surface area contributed by atoms with E-state index in [1.54, 1.807) is 6.07 Å². The number of allylic oxidation sites excluding steroid dienone is 1. The quantitative estimate of drug-likeness (QED) is 0.803. The molecule has 0 bridgehead atoms. The molecule has 2 aliphatic heterocycles. The van der Waals surface area contributed by atoms with Crippen molar-refractivity contribution in [3.8, 4) is 0 Å². The van der Waals surface area contributed by atoms with Crippen molar-refractivity contribution < 1.29 is 9.28 Å². The summed E-state index contributed by atoms with van der Waals surface area (Å²) in [6.45, 7) is 3.17. The van der Waals surface area contributed by atoms with Crippen LogP contribution in [0.1, 0.15) is 43.7 Å². The Morgan fingerprint density at radius 2 is 2.19 bits per heavy atom. The zero-order chi connectivity index (χ0) is 14.6. The molecule has 3 aliphatic rings. The van der Waals surface area contributed by atoms with Crippen LogP contribution >= 0.6 is 0 Å². The summed E-state index contributed by atoms with van der Waals surface area (Å²) in [6, 6.07) is 5.67. The number of nitrogens with one attached hydrogen (secondary N) is 1. The highest BCUT2D eigenvalue weighted by molar-refractivity contribution is 6.07. The number of fused-ring (bicyclic) bond motifs is 2. The van der Waals surface area contributed by atoms with Crippen molar-refractivity contribution in [2.24, 2.45) is 5.92 Å². The van der Waals surface area contributed by atoms with Gasteiger partial charge in [-0.05, 0) is 48.4 Å². The maximum absolute atomic E-state index is 14.1. The van der Waals surface area contributed by atoms with E-state index in [2.05, 4.69) is 18.3 Å². The minimum Gasteiger partial charge on any atom is -0.385 e. The SMILES string of the molecule is CC1CC=C(c2ccc3c(c2)C2(CCC2)C(=O)N3F)NC1. The molecule has 4 rings (SSSR count). The monoisotopic (exact) mass is 286 g/mol. The summed E-state index contributed by atoms with van der Waals surface area (Å²) in [7, 11) is 0. The van der Waals surface area contributed by atoms with E-state index in [1.165, 1.54) is 0 Å². The second-order valence-corrected chi connectivity index (χ2v) is 6.59. The largest absolute Gasteiger partial charge is 0.385 e. The van der Waals surface area contributed by atoms with Crippen LogP contribution in [-0.2, 0) is 10.2 Å². The van der Waals surface area contributed by atoms with Crippen LogP contribution in [-0.4, -0.2) is 12.5 Å². The molecule has 1 amide bonds. The van der Waals surface area contributed by atoms with Crippen LogP contribution in [0.2, 0.25) is 0 Å². The van der Waals surface area contributed by atoms with Crippen LogP contribution in [0, 0.1) is 5.92 Å². The molecular weight excluding hydrogens is 267 g/mol. The van der Waals surface area contributed by atoms with Gasteiger partial charge in [-0.15, -0.1) is 5.12 Å². The molecule has 1 N–H and O–H groups in total. The van der Waals surface area contributed by atoms with Crippen molar-refractivity contribution in [2.45, 2.75) is 38.0 Å². The van der Waals surface area contributed by atoms with Gasteiger partial charge in [0.2, 0.25) is 0 Å². The minimum atomic E-state index is -0.581. The van der Waals surface area contributed by atoms with E-state index in [0.717, 1.165) is 49.1 Å². The second-order valence-electron chi connectivity index (χ2n) is 6.59. The van der Waals surface area contributed by atoms with Gasteiger partial charge in [-0.1, -0.05) is 30.0 Å². The fourth-order valence-electron chi connectivity index (χ4n) is 3.66. The highest BCUT2D eigenvalue weighted by Gasteiger charge is 2.55. The fraction of sp³-hybridized carbons (Fsp3) is 0.471. The van der Waals surface area contributed by atoms with Gasteiger partial charge in [-0.3, -0.25) is 4.79 Å². The van der Waals surface area contributed by atoms with E-state index in [0.29, 0.717) is 16.7 Å². The fourth-order valence-corrected chi connectivity index (χ4v) is 3.66. The first-order valence-electron chi connectivity index (χ1n) is 7.71. The smallest absolute Gasteiger partial charge is 0.265 e. The molecule has 1 fully saturated rings. The van der Waals surface area contributed by atoms with E-state index < -0.39 is 5.41 Å². The van der Waals surface area contributed by atoms with Gasteiger partial charge in [0.1, 0.15) is 0 Å². The van der Waals surface area contributed by atoms with Crippen molar-refractivity contribution in [1.29, 1.82) is 0 Å². The number of halogens is 1. The second kappa shape index (κ2) is 4.33. The van der Waals surface area contributed by atoms with Crippen molar-refractivity contribution in [3.63, 3.8) is 0 Å². The third kappa shape index (κ3) is 1.68. The van der Waals surface area contributed by atoms with Gasteiger partial charge >= 0.3 is 0 Å². The van der Waals surface area contributed by atoms with Crippen molar-refractivity contribution in [3.05, 3.63) is 35.4 Å². The topological polar surface area (TPSA) is 32.3 Å². The normalized spacial score (nSPS) is 26.2.